The fourth-order valence-electron chi connectivity index (χ4n) is 4.06. The van der Waals surface area contributed by atoms with Crippen molar-refractivity contribution in [2.45, 2.75) is 44.7 Å². The molecule has 3 aromatic rings. The molecule has 3 aromatic carbocycles. The topological polar surface area (TPSA) is 86.8 Å². The zero-order valence-corrected chi connectivity index (χ0v) is 22.8. The molecule has 2 amide bonds. The van der Waals surface area contributed by atoms with Crippen LogP contribution in [0.2, 0.25) is 5.02 Å². The van der Waals surface area contributed by atoms with Gasteiger partial charge in [0, 0.05) is 18.1 Å². The van der Waals surface area contributed by atoms with Gasteiger partial charge < -0.3 is 10.2 Å². The van der Waals surface area contributed by atoms with E-state index in [0.29, 0.717) is 18.0 Å². The van der Waals surface area contributed by atoms with E-state index in [1.54, 1.807) is 36.4 Å². The van der Waals surface area contributed by atoms with E-state index in [-0.39, 0.29) is 23.0 Å². The van der Waals surface area contributed by atoms with Crippen LogP contribution >= 0.6 is 11.6 Å². The number of rotatable bonds is 11. The normalized spacial score (nSPS) is 12.0. The van der Waals surface area contributed by atoms with Crippen LogP contribution in [0.1, 0.15) is 31.4 Å². The maximum absolute atomic E-state index is 13.9. The summed E-state index contributed by atoms with van der Waals surface area (Å²) in [5.41, 5.74) is 2.10. The molecule has 9 heteroatoms. The molecule has 0 aliphatic carbocycles. The fraction of sp³-hybridized carbons (Fsp3) is 0.286. The number of carbonyl (C=O) groups is 2. The minimum Gasteiger partial charge on any atom is -0.355 e. The van der Waals surface area contributed by atoms with Gasteiger partial charge in [-0.05, 0) is 61.7 Å². The molecule has 0 saturated carbocycles. The lowest BCUT2D eigenvalue weighted by atomic mass is 10.1. The van der Waals surface area contributed by atoms with Crippen molar-refractivity contribution in [3.05, 3.63) is 95.0 Å². The Hall–Kier alpha value is -3.36. The van der Waals surface area contributed by atoms with Crippen LogP contribution in [0.3, 0.4) is 0 Å². The summed E-state index contributed by atoms with van der Waals surface area (Å²) in [5.74, 6) is -0.784. The van der Waals surface area contributed by atoms with Gasteiger partial charge in [0.25, 0.3) is 10.0 Å². The standard InChI is InChI=1S/C28H32ClN3O4S/c1-4-26(28(34)30-5-2)31(19-22-13-10-9-12-21(22)3)27(33)20-32(24-15-11-14-23(29)18-24)37(35,36)25-16-7-6-8-17-25/h6-18,26H,4-5,19-20H2,1-3H3,(H,30,34)/t26-/m1/s1. The van der Waals surface area contributed by atoms with E-state index in [4.69, 9.17) is 11.6 Å². The molecule has 1 atom stereocenters. The van der Waals surface area contributed by atoms with Gasteiger partial charge in [-0.1, -0.05) is 67.1 Å². The highest BCUT2D eigenvalue weighted by molar-refractivity contribution is 7.92. The molecular weight excluding hydrogens is 510 g/mol. The van der Waals surface area contributed by atoms with Crippen LogP contribution < -0.4 is 9.62 Å². The largest absolute Gasteiger partial charge is 0.355 e. The summed E-state index contributed by atoms with van der Waals surface area (Å²) in [7, 11) is -4.12. The molecule has 0 spiro atoms. The highest BCUT2D eigenvalue weighted by atomic mass is 35.5. The molecule has 3 rings (SSSR count). The van der Waals surface area contributed by atoms with Crippen LogP contribution in [0, 0.1) is 6.92 Å². The van der Waals surface area contributed by atoms with Crippen LogP contribution in [-0.4, -0.2) is 44.3 Å². The summed E-state index contributed by atoms with van der Waals surface area (Å²) in [6.45, 7) is 5.65. The van der Waals surface area contributed by atoms with Gasteiger partial charge in [-0.15, -0.1) is 0 Å². The van der Waals surface area contributed by atoms with Crippen LogP contribution in [0.5, 0.6) is 0 Å². The van der Waals surface area contributed by atoms with Crippen LogP contribution in [0.15, 0.2) is 83.8 Å². The number of hydrogen-bond donors (Lipinski definition) is 1. The predicted molar refractivity (Wildman–Crippen MR) is 147 cm³/mol. The lowest BCUT2D eigenvalue weighted by molar-refractivity contribution is -0.140. The Morgan fingerprint density at radius 2 is 1.62 bits per heavy atom. The molecule has 0 fully saturated rings. The third-order valence-corrected chi connectivity index (χ3v) is 8.07. The first-order chi connectivity index (χ1) is 17.7. The summed E-state index contributed by atoms with van der Waals surface area (Å²) >= 11 is 6.19. The number of sulfonamides is 1. The Labute approximate surface area is 224 Å². The number of anilines is 1. The van der Waals surface area contributed by atoms with Crippen molar-refractivity contribution < 1.29 is 18.0 Å². The SMILES string of the molecule is CCNC(=O)[C@@H](CC)N(Cc1ccccc1C)C(=O)CN(c1cccc(Cl)c1)S(=O)(=O)c1ccccc1. The van der Waals surface area contributed by atoms with Gasteiger partial charge in [0.2, 0.25) is 11.8 Å². The van der Waals surface area contributed by atoms with Gasteiger partial charge in [0.1, 0.15) is 12.6 Å². The molecule has 0 aliphatic heterocycles. The Morgan fingerprint density at radius 3 is 2.24 bits per heavy atom. The number of aryl methyl sites for hydroxylation is 1. The molecular formula is C28H32ClN3O4S. The molecule has 0 heterocycles. The number of nitrogens with zero attached hydrogens (tertiary/aromatic N) is 2. The first-order valence-corrected chi connectivity index (χ1v) is 14.0. The van der Waals surface area contributed by atoms with E-state index in [1.165, 1.54) is 23.1 Å². The molecule has 37 heavy (non-hydrogen) atoms. The first-order valence-electron chi connectivity index (χ1n) is 12.1. The molecule has 0 aromatic heterocycles. The van der Waals surface area contributed by atoms with Gasteiger partial charge in [-0.2, -0.15) is 0 Å². The van der Waals surface area contributed by atoms with E-state index in [1.807, 2.05) is 45.0 Å². The molecule has 0 aliphatic rings. The zero-order chi connectivity index (χ0) is 27.0. The van der Waals surface area contributed by atoms with E-state index < -0.39 is 28.5 Å². The van der Waals surface area contributed by atoms with Crippen LogP contribution in [-0.2, 0) is 26.2 Å². The minimum absolute atomic E-state index is 0.0454. The van der Waals surface area contributed by atoms with Gasteiger partial charge >= 0.3 is 0 Å². The Bertz CT molecular complexity index is 1330. The van der Waals surface area contributed by atoms with Crippen molar-refractivity contribution in [1.29, 1.82) is 0 Å². The Balaban J connectivity index is 2.06. The average molecular weight is 542 g/mol. The van der Waals surface area contributed by atoms with Crippen molar-refractivity contribution in [1.82, 2.24) is 10.2 Å². The fourth-order valence-corrected chi connectivity index (χ4v) is 5.67. The van der Waals surface area contributed by atoms with Gasteiger partial charge in [-0.25, -0.2) is 8.42 Å². The van der Waals surface area contributed by atoms with Crippen molar-refractivity contribution in [2.75, 3.05) is 17.4 Å². The quantitative estimate of drug-likeness (QED) is 0.378. The third kappa shape index (κ3) is 6.90. The van der Waals surface area contributed by atoms with E-state index in [0.717, 1.165) is 15.4 Å². The van der Waals surface area contributed by atoms with E-state index >= 15 is 0 Å². The Morgan fingerprint density at radius 1 is 0.946 bits per heavy atom. The summed E-state index contributed by atoms with van der Waals surface area (Å²) in [6, 6.07) is 21.1. The summed E-state index contributed by atoms with van der Waals surface area (Å²) < 4.78 is 28.5. The highest BCUT2D eigenvalue weighted by Gasteiger charge is 2.33. The lowest BCUT2D eigenvalue weighted by Gasteiger charge is -2.33. The number of likely N-dealkylation sites (N-methyl/N-ethyl adjacent to an activating group) is 1. The van der Waals surface area contributed by atoms with E-state index in [2.05, 4.69) is 5.32 Å². The summed E-state index contributed by atoms with van der Waals surface area (Å²) in [5, 5.41) is 3.14. The number of carbonyl (C=O) groups excluding carboxylic acids is 2. The van der Waals surface area contributed by atoms with E-state index in [9.17, 15) is 18.0 Å². The molecule has 0 unspecified atom stereocenters. The number of amides is 2. The predicted octanol–water partition coefficient (Wildman–Crippen LogP) is 4.79. The second-order valence-electron chi connectivity index (χ2n) is 8.57. The molecule has 0 bridgehead atoms. The van der Waals surface area contributed by atoms with Crippen LogP contribution in [0.25, 0.3) is 0 Å². The van der Waals surface area contributed by atoms with Crippen LogP contribution in [0.4, 0.5) is 5.69 Å². The molecule has 0 saturated heterocycles. The maximum Gasteiger partial charge on any atom is 0.264 e. The first kappa shape index (κ1) is 28.2. The zero-order valence-electron chi connectivity index (χ0n) is 21.2. The lowest BCUT2D eigenvalue weighted by Crippen LogP contribution is -2.52. The van der Waals surface area contributed by atoms with Crippen molar-refractivity contribution in [3.63, 3.8) is 0 Å². The third-order valence-electron chi connectivity index (χ3n) is 6.05. The molecule has 0 radical (unpaired) electrons. The summed E-state index contributed by atoms with van der Waals surface area (Å²) in [4.78, 5) is 28.4. The van der Waals surface area contributed by atoms with Crippen molar-refractivity contribution in [2.24, 2.45) is 0 Å². The number of benzene rings is 3. The number of halogens is 1. The van der Waals surface area contributed by atoms with Gasteiger partial charge in [0.15, 0.2) is 0 Å². The second kappa shape index (κ2) is 12.7. The highest BCUT2D eigenvalue weighted by Crippen LogP contribution is 2.27. The van der Waals surface area contributed by atoms with Gasteiger partial charge in [-0.3, -0.25) is 13.9 Å². The number of hydrogen-bond acceptors (Lipinski definition) is 4. The second-order valence-corrected chi connectivity index (χ2v) is 10.9. The molecule has 7 nitrogen and oxygen atoms in total. The monoisotopic (exact) mass is 541 g/mol. The van der Waals surface area contributed by atoms with Crippen molar-refractivity contribution in [3.8, 4) is 0 Å². The Kier molecular flexibility index (Phi) is 9.72. The number of nitrogens with one attached hydrogen (secondary N) is 1. The van der Waals surface area contributed by atoms with Crippen molar-refractivity contribution >= 4 is 39.1 Å². The average Bonchev–Trinajstić information content (AvgIpc) is 2.88. The smallest absolute Gasteiger partial charge is 0.264 e. The minimum atomic E-state index is -4.12. The summed E-state index contributed by atoms with van der Waals surface area (Å²) in [6.07, 6.45) is 0.367. The maximum atomic E-state index is 13.9. The molecule has 1 N–H and O–H groups in total. The van der Waals surface area contributed by atoms with Gasteiger partial charge in [0.05, 0.1) is 10.6 Å². The molecule has 196 valence electrons.